The van der Waals surface area contributed by atoms with Gasteiger partial charge >= 0.3 is 0 Å². The molecule has 0 fully saturated rings. The van der Waals surface area contributed by atoms with Crippen LogP contribution in [0.1, 0.15) is 35.1 Å². The lowest BCUT2D eigenvalue weighted by Crippen LogP contribution is -2.37. The second-order valence-electron chi connectivity index (χ2n) is 5.51. The molecular formula is C18H21N3OS3. The monoisotopic (exact) mass is 391 g/mol. The van der Waals surface area contributed by atoms with Gasteiger partial charge in [-0.25, -0.2) is 4.98 Å². The molecule has 0 aliphatic heterocycles. The van der Waals surface area contributed by atoms with E-state index in [9.17, 15) is 4.79 Å². The van der Waals surface area contributed by atoms with Gasteiger partial charge in [0.05, 0.1) is 17.1 Å². The Morgan fingerprint density at radius 3 is 2.76 bits per heavy atom. The van der Waals surface area contributed by atoms with E-state index in [4.69, 9.17) is 0 Å². The lowest BCUT2D eigenvalue weighted by Gasteiger charge is -2.29. The van der Waals surface area contributed by atoms with Crippen molar-refractivity contribution < 1.29 is 4.79 Å². The number of amides is 1. The van der Waals surface area contributed by atoms with Crippen LogP contribution in [0.5, 0.6) is 0 Å². The van der Waals surface area contributed by atoms with E-state index in [2.05, 4.69) is 45.9 Å². The van der Waals surface area contributed by atoms with Crippen LogP contribution in [0.3, 0.4) is 0 Å². The van der Waals surface area contributed by atoms with Gasteiger partial charge in [-0.1, -0.05) is 19.9 Å². The standard InChI is InChI=1S/C18H21N3OS3/c1-3-21(4-2)14(13-7-9-23-12-13)10-19-17(22)16-11-20-18(25-16)15-6-5-8-24-15/h5-9,11-12,14H,3-4,10H2,1-2H3,(H,19,22). The maximum atomic E-state index is 12.5. The number of hydrogen-bond acceptors (Lipinski definition) is 6. The van der Waals surface area contributed by atoms with Crippen molar-refractivity contribution in [2.75, 3.05) is 19.6 Å². The van der Waals surface area contributed by atoms with Crippen LogP contribution in [-0.2, 0) is 0 Å². The molecule has 0 radical (unpaired) electrons. The lowest BCUT2D eigenvalue weighted by molar-refractivity contribution is 0.0939. The van der Waals surface area contributed by atoms with Crippen LogP contribution in [0.4, 0.5) is 0 Å². The number of hydrogen-bond donors (Lipinski definition) is 1. The van der Waals surface area contributed by atoms with Crippen LogP contribution < -0.4 is 5.32 Å². The fraction of sp³-hybridized carbons (Fsp3) is 0.333. The minimum Gasteiger partial charge on any atom is -0.349 e. The van der Waals surface area contributed by atoms with Gasteiger partial charge in [0.2, 0.25) is 0 Å². The summed E-state index contributed by atoms with van der Waals surface area (Å²) < 4.78 is 0. The molecule has 1 N–H and O–H groups in total. The third-order valence-electron chi connectivity index (χ3n) is 4.10. The van der Waals surface area contributed by atoms with E-state index < -0.39 is 0 Å². The molecule has 0 aromatic carbocycles. The normalized spacial score (nSPS) is 12.4. The topological polar surface area (TPSA) is 45.2 Å². The Labute approximate surface area is 160 Å². The zero-order valence-electron chi connectivity index (χ0n) is 14.3. The van der Waals surface area contributed by atoms with Gasteiger partial charge in [0.1, 0.15) is 9.88 Å². The summed E-state index contributed by atoms with van der Waals surface area (Å²) in [7, 11) is 0. The number of carbonyl (C=O) groups excluding carboxylic acids is 1. The Kier molecular flexibility index (Phi) is 6.36. The van der Waals surface area contributed by atoms with E-state index in [0.29, 0.717) is 11.4 Å². The highest BCUT2D eigenvalue weighted by Gasteiger charge is 2.20. The highest BCUT2D eigenvalue weighted by Crippen LogP contribution is 2.29. The summed E-state index contributed by atoms with van der Waals surface area (Å²) in [5.74, 6) is -0.0484. The van der Waals surface area contributed by atoms with Crippen molar-refractivity contribution in [1.29, 1.82) is 0 Å². The molecule has 0 saturated heterocycles. The molecule has 0 bridgehead atoms. The average Bonchev–Trinajstić information content (AvgIpc) is 3.39. The summed E-state index contributed by atoms with van der Waals surface area (Å²) in [5, 5.41) is 10.3. The van der Waals surface area contributed by atoms with Crippen LogP contribution >= 0.6 is 34.0 Å². The highest BCUT2D eigenvalue weighted by molar-refractivity contribution is 7.22. The van der Waals surface area contributed by atoms with E-state index in [1.54, 1.807) is 28.9 Å². The second-order valence-corrected chi connectivity index (χ2v) is 8.27. The SMILES string of the molecule is CCN(CC)C(CNC(=O)c1cnc(-c2cccs2)s1)c1ccsc1. The van der Waals surface area contributed by atoms with E-state index in [0.717, 1.165) is 23.0 Å². The average molecular weight is 392 g/mol. The predicted octanol–water partition coefficient (Wildman–Crippen LogP) is 4.75. The third kappa shape index (κ3) is 4.36. The molecule has 25 heavy (non-hydrogen) atoms. The van der Waals surface area contributed by atoms with Gasteiger partial charge in [-0.3, -0.25) is 9.69 Å². The number of likely N-dealkylation sites (N-methyl/N-ethyl adjacent to an activating group) is 1. The molecule has 1 atom stereocenters. The van der Waals surface area contributed by atoms with Crippen molar-refractivity contribution in [3.05, 3.63) is 51.0 Å². The molecule has 7 heteroatoms. The molecular weight excluding hydrogens is 370 g/mol. The first-order valence-electron chi connectivity index (χ1n) is 8.27. The molecule has 0 spiro atoms. The number of nitrogens with zero attached hydrogens (tertiary/aromatic N) is 2. The summed E-state index contributed by atoms with van der Waals surface area (Å²) in [6.07, 6.45) is 1.67. The molecule has 4 nitrogen and oxygen atoms in total. The van der Waals surface area contributed by atoms with Crippen LogP contribution in [-0.4, -0.2) is 35.4 Å². The maximum absolute atomic E-state index is 12.5. The predicted molar refractivity (Wildman–Crippen MR) is 108 cm³/mol. The summed E-state index contributed by atoms with van der Waals surface area (Å²) in [6.45, 7) is 6.82. The van der Waals surface area contributed by atoms with Gasteiger partial charge in [0.25, 0.3) is 5.91 Å². The van der Waals surface area contributed by atoms with Crippen molar-refractivity contribution in [3.8, 4) is 9.88 Å². The van der Waals surface area contributed by atoms with Crippen molar-refractivity contribution in [1.82, 2.24) is 15.2 Å². The fourth-order valence-electron chi connectivity index (χ4n) is 2.76. The first kappa shape index (κ1) is 18.3. The van der Waals surface area contributed by atoms with Crippen LogP contribution in [0, 0.1) is 0 Å². The minimum atomic E-state index is -0.0484. The van der Waals surface area contributed by atoms with Crippen molar-refractivity contribution in [3.63, 3.8) is 0 Å². The lowest BCUT2D eigenvalue weighted by atomic mass is 10.1. The number of carbonyl (C=O) groups is 1. The van der Waals surface area contributed by atoms with Gasteiger partial charge < -0.3 is 5.32 Å². The zero-order chi connectivity index (χ0) is 17.6. The maximum Gasteiger partial charge on any atom is 0.263 e. The van der Waals surface area contributed by atoms with Crippen LogP contribution in [0.15, 0.2) is 40.5 Å². The first-order valence-corrected chi connectivity index (χ1v) is 10.9. The van der Waals surface area contributed by atoms with Gasteiger partial charge in [-0.05, 0) is 46.9 Å². The third-order valence-corrected chi connectivity index (χ3v) is 6.84. The molecule has 1 unspecified atom stereocenters. The number of rotatable bonds is 8. The Bertz CT molecular complexity index is 776. The fourth-order valence-corrected chi connectivity index (χ4v) is 5.10. The molecule has 1 amide bonds. The van der Waals surface area contributed by atoms with Crippen LogP contribution in [0.2, 0.25) is 0 Å². The number of aromatic nitrogens is 1. The van der Waals surface area contributed by atoms with Gasteiger partial charge in [-0.2, -0.15) is 11.3 Å². The van der Waals surface area contributed by atoms with E-state index in [1.165, 1.54) is 16.9 Å². The highest BCUT2D eigenvalue weighted by atomic mass is 32.1. The second kappa shape index (κ2) is 8.71. The largest absolute Gasteiger partial charge is 0.349 e. The Balaban J connectivity index is 1.67. The summed E-state index contributed by atoms with van der Waals surface area (Å²) in [5.41, 5.74) is 1.26. The molecule has 132 valence electrons. The van der Waals surface area contributed by atoms with Gasteiger partial charge in [0.15, 0.2) is 0 Å². The zero-order valence-corrected chi connectivity index (χ0v) is 16.7. The number of thiazole rings is 1. The summed E-state index contributed by atoms with van der Waals surface area (Å²) >= 11 is 4.77. The molecule has 0 aliphatic rings. The smallest absolute Gasteiger partial charge is 0.263 e. The summed E-state index contributed by atoms with van der Waals surface area (Å²) in [6, 6.07) is 6.37. The van der Waals surface area contributed by atoms with Crippen molar-refractivity contribution in [2.24, 2.45) is 0 Å². The molecule has 3 rings (SSSR count). The Morgan fingerprint density at radius 1 is 1.28 bits per heavy atom. The molecule has 3 aromatic heterocycles. The molecule has 0 aliphatic carbocycles. The summed E-state index contributed by atoms with van der Waals surface area (Å²) in [4.78, 5) is 21.1. The van der Waals surface area contributed by atoms with Gasteiger partial charge in [-0.15, -0.1) is 22.7 Å². The van der Waals surface area contributed by atoms with E-state index in [-0.39, 0.29) is 11.9 Å². The molecule has 0 saturated carbocycles. The van der Waals surface area contributed by atoms with Crippen LogP contribution in [0.25, 0.3) is 9.88 Å². The molecule has 3 aromatic rings. The number of thiophene rings is 2. The Hall–Kier alpha value is -1.54. The number of nitrogens with one attached hydrogen (secondary N) is 1. The Morgan fingerprint density at radius 2 is 2.12 bits per heavy atom. The van der Waals surface area contributed by atoms with Gasteiger partial charge in [0, 0.05) is 6.54 Å². The quantitative estimate of drug-likeness (QED) is 0.603. The first-order chi connectivity index (χ1) is 12.2. The van der Waals surface area contributed by atoms with Crippen molar-refractivity contribution >= 4 is 39.9 Å². The minimum absolute atomic E-state index is 0.0484. The van der Waals surface area contributed by atoms with E-state index >= 15 is 0 Å². The van der Waals surface area contributed by atoms with E-state index in [1.807, 2.05) is 17.5 Å². The van der Waals surface area contributed by atoms with Crippen molar-refractivity contribution in [2.45, 2.75) is 19.9 Å². The molecule has 3 heterocycles.